The largest absolute Gasteiger partial charge is 0.493 e. The lowest BCUT2D eigenvalue weighted by Crippen LogP contribution is -2.38. The standard InChI is InChI=1S/C20H24N2O3/c1-24-18-10-9-15(12-19(18)25-2)13-22(20(23)16-6-5-7-16)14-17-8-3-4-11-21-17/h3-4,8-12,16H,5-7,13-14H2,1-2H3. The van der Waals surface area contributed by atoms with Gasteiger partial charge in [-0.05, 0) is 42.7 Å². The second kappa shape index (κ2) is 8.01. The third-order valence-corrected chi connectivity index (χ3v) is 4.67. The summed E-state index contributed by atoms with van der Waals surface area (Å²) in [7, 11) is 3.23. The number of hydrogen-bond acceptors (Lipinski definition) is 4. The topological polar surface area (TPSA) is 51.7 Å². The summed E-state index contributed by atoms with van der Waals surface area (Å²) in [6, 6.07) is 11.6. The lowest BCUT2D eigenvalue weighted by Gasteiger charge is -2.31. The van der Waals surface area contributed by atoms with Gasteiger partial charge in [0.15, 0.2) is 11.5 Å². The van der Waals surface area contributed by atoms with Crippen molar-refractivity contribution in [2.24, 2.45) is 5.92 Å². The van der Waals surface area contributed by atoms with Crippen LogP contribution in [0.4, 0.5) is 0 Å². The summed E-state index contributed by atoms with van der Waals surface area (Å²) in [5.74, 6) is 1.73. The second-order valence-corrected chi connectivity index (χ2v) is 6.33. The maximum absolute atomic E-state index is 12.9. The van der Waals surface area contributed by atoms with Crippen LogP contribution in [-0.4, -0.2) is 30.0 Å². The van der Waals surface area contributed by atoms with Gasteiger partial charge in [-0.3, -0.25) is 9.78 Å². The molecule has 2 aromatic rings. The van der Waals surface area contributed by atoms with Crippen molar-refractivity contribution in [1.82, 2.24) is 9.88 Å². The Morgan fingerprint density at radius 3 is 2.52 bits per heavy atom. The van der Waals surface area contributed by atoms with Crippen LogP contribution < -0.4 is 9.47 Å². The highest BCUT2D eigenvalue weighted by atomic mass is 16.5. The molecule has 0 radical (unpaired) electrons. The molecule has 5 nitrogen and oxygen atoms in total. The minimum Gasteiger partial charge on any atom is -0.493 e. The summed E-state index contributed by atoms with van der Waals surface area (Å²) in [6.45, 7) is 1.05. The number of hydrogen-bond donors (Lipinski definition) is 0. The van der Waals surface area contributed by atoms with E-state index in [1.165, 1.54) is 0 Å². The Kier molecular flexibility index (Phi) is 5.53. The molecule has 0 aliphatic heterocycles. The van der Waals surface area contributed by atoms with E-state index in [-0.39, 0.29) is 11.8 Å². The average molecular weight is 340 g/mol. The van der Waals surface area contributed by atoms with E-state index in [1.807, 2.05) is 41.3 Å². The molecule has 1 heterocycles. The molecule has 1 aromatic heterocycles. The number of methoxy groups -OCH3 is 2. The Morgan fingerprint density at radius 1 is 1.12 bits per heavy atom. The van der Waals surface area contributed by atoms with Gasteiger partial charge in [-0.2, -0.15) is 0 Å². The smallest absolute Gasteiger partial charge is 0.226 e. The van der Waals surface area contributed by atoms with Crippen molar-refractivity contribution in [2.45, 2.75) is 32.4 Å². The first-order chi connectivity index (χ1) is 12.2. The second-order valence-electron chi connectivity index (χ2n) is 6.33. The first-order valence-corrected chi connectivity index (χ1v) is 8.61. The van der Waals surface area contributed by atoms with Gasteiger partial charge in [-0.25, -0.2) is 0 Å². The quantitative estimate of drug-likeness (QED) is 0.775. The SMILES string of the molecule is COc1ccc(CN(Cc2ccccn2)C(=O)C2CCC2)cc1OC. The van der Waals surface area contributed by atoms with Gasteiger partial charge in [0.2, 0.25) is 5.91 Å². The van der Waals surface area contributed by atoms with Gasteiger partial charge in [-0.1, -0.05) is 18.6 Å². The number of pyridine rings is 1. The van der Waals surface area contributed by atoms with Crippen LogP contribution in [0.25, 0.3) is 0 Å². The molecule has 0 unspecified atom stereocenters. The first-order valence-electron chi connectivity index (χ1n) is 8.61. The lowest BCUT2D eigenvalue weighted by molar-refractivity contribution is -0.139. The molecule has 0 bridgehead atoms. The molecule has 0 spiro atoms. The highest BCUT2D eigenvalue weighted by Gasteiger charge is 2.29. The van der Waals surface area contributed by atoms with E-state index in [0.717, 1.165) is 30.5 Å². The zero-order chi connectivity index (χ0) is 17.6. The van der Waals surface area contributed by atoms with Crippen molar-refractivity contribution in [2.75, 3.05) is 14.2 Å². The van der Waals surface area contributed by atoms with Gasteiger partial charge in [0.25, 0.3) is 0 Å². The number of ether oxygens (including phenoxy) is 2. The van der Waals surface area contributed by atoms with Gasteiger partial charge >= 0.3 is 0 Å². The van der Waals surface area contributed by atoms with E-state index in [0.29, 0.717) is 24.6 Å². The summed E-state index contributed by atoms with van der Waals surface area (Å²) >= 11 is 0. The number of nitrogens with zero attached hydrogens (tertiary/aromatic N) is 2. The predicted octanol–water partition coefficient (Wildman–Crippen LogP) is 3.43. The van der Waals surface area contributed by atoms with Crippen LogP contribution in [0.15, 0.2) is 42.6 Å². The fourth-order valence-corrected chi connectivity index (χ4v) is 3.01. The Morgan fingerprint density at radius 2 is 1.92 bits per heavy atom. The molecule has 132 valence electrons. The molecule has 25 heavy (non-hydrogen) atoms. The average Bonchev–Trinajstić information content (AvgIpc) is 2.60. The molecule has 0 atom stereocenters. The van der Waals surface area contributed by atoms with Gasteiger partial charge in [-0.15, -0.1) is 0 Å². The van der Waals surface area contributed by atoms with Crippen molar-refractivity contribution >= 4 is 5.91 Å². The molecule has 3 rings (SSSR count). The number of aromatic nitrogens is 1. The minimum absolute atomic E-state index is 0.156. The van der Waals surface area contributed by atoms with E-state index in [2.05, 4.69) is 4.98 Å². The fourth-order valence-electron chi connectivity index (χ4n) is 3.01. The summed E-state index contributed by atoms with van der Waals surface area (Å²) in [6.07, 6.45) is 4.88. The molecule has 0 N–H and O–H groups in total. The molecule has 1 saturated carbocycles. The molecule has 0 saturated heterocycles. The summed E-state index contributed by atoms with van der Waals surface area (Å²) in [5.41, 5.74) is 1.91. The molecule has 5 heteroatoms. The third-order valence-electron chi connectivity index (χ3n) is 4.67. The van der Waals surface area contributed by atoms with Gasteiger partial charge in [0, 0.05) is 18.7 Å². The van der Waals surface area contributed by atoms with Crippen LogP contribution in [0.5, 0.6) is 11.5 Å². The van der Waals surface area contributed by atoms with E-state index in [4.69, 9.17) is 9.47 Å². The van der Waals surface area contributed by atoms with Crippen molar-refractivity contribution < 1.29 is 14.3 Å². The molecule has 1 aromatic carbocycles. The van der Waals surface area contributed by atoms with Gasteiger partial charge in [0.1, 0.15) is 0 Å². The number of amides is 1. The monoisotopic (exact) mass is 340 g/mol. The van der Waals surface area contributed by atoms with Crippen molar-refractivity contribution in [3.05, 3.63) is 53.9 Å². The molecule has 1 aliphatic rings. The Labute approximate surface area is 148 Å². The predicted molar refractivity (Wildman–Crippen MR) is 95.4 cm³/mol. The van der Waals surface area contributed by atoms with Crippen LogP contribution in [-0.2, 0) is 17.9 Å². The molecule has 1 amide bonds. The first kappa shape index (κ1) is 17.3. The normalized spacial score (nSPS) is 13.8. The lowest BCUT2D eigenvalue weighted by atomic mass is 9.84. The van der Waals surface area contributed by atoms with E-state index < -0.39 is 0 Å². The van der Waals surface area contributed by atoms with Crippen LogP contribution in [0.2, 0.25) is 0 Å². The third kappa shape index (κ3) is 4.10. The maximum Gasteiger partial charge on any atom is 0.226 e. The molecule has 1 fully saturated rings. The van der Waals surface area contributed by atoms with Crippen LogP contribution in [0, 0.1) is 5.92 Å². The van der Waals surface area contributed by atoms with Crippen molar-refractivity contribution in [1.29, 1.82) is 0 Å². The summed E-state index contributed by atoms with van der Waals surface area (Å²) in [4.78, 5) is 19.1. The van der Waals surface area contributed by atoms with E-state index in [9.17, 15) is 4.79 Å². The Bertz CT molecular complexity index is 714. The van der Waals surface area contributed by atoms with Crippen LogP contribution in [0.3, 0.4) is 0 Å². The number of carbonyl (C=O) groups is 1. The molecular weight excluding hydrogens is 316 g/mol. The number of carbonyl (C=O) groups excluding carboxylic acids is 1. The summed E-state index contributed by atoms with van der Waals surface area (Å²) in [5, 5.41) is 0. The highest BCUT2D eigenvalue weighted by Crippen LogP contribution is 2.31. The Hall–Kier alpha value is -2.56. The van der Waals surface area contributed by atoms with Crippen molar-refractivity contribution in [3.8, 4) is 11.5 Å². The van der Waals surface area contributed by atoms with Crippen LogP contribution >= 0.6 is 0 Å². The van der Waals surface area contributed by atoms with Crippen LogP contribution in [0.1, 0.15) is 30.5 Å². The van der Waals surface area contributed by atoms with Crippen molar-refractivity contribution in [3.63, 3.8) is 0 Å². The number of rotatable bonds is 7. The molecule has 1 aliphatic carbocycles. The number of benzene rings is 1. The summed E-state index contributed by atoms with van der Waals surface area (Å²) < 4.78 is 10.7. The van der Waals surface area contributed by atoms with E-state index in [1.54, 1.807) is 20.4 Å². The maximum atomic E-state index is 12.9. The Balaban J connectivity index is 1.80. The zero-order valence-corrected chi connectivity index (χ0v) is 14.8. The minimum atomic E-state index is 0.156. The zero-order valence-electron chi connectivity index (χ0n) is 14.8. The van der Waals surface area contributed by atoms with Gasteiger partial charge < -0.3 is 14.4 Å². The molecular formula is C20H24N2O3. The van der Waals surface area contributed by atoms with Gasteiger partial charge in [0.05, 0.1) is 26.5 Å². The van der Waals surface area contributed by atoms with E-state index >= 15 is 0 Å². The highest BCUT2D eigenvalue weighted by molar-refractivity contribution is 5.79. The fraction of sp³-hybridized carbons (Fsp3) is 0.400.